The van der Waals surface area contributed by atoms with Crippen LogP contribution in [0.1, 0.15) is 15.9 Å². The fraction of sp³-hybridized carbons (Fsp3) is 0.188. The molecule has 0 fully saturated rings. The maximum atomic E-state index is 12.9. The van der Waals surface area contributed by atoms with Gasteiger partial charge in [-0.2, -0.15) is 13.2 Å². The molecule has 0 aliphatic heterocycles. The first-order valence-electron chi connectivity index (χ1n) is 6.74. The Morgan fingerprint density at radius 1 is 1.08 bits per heavy atom. The largest absolute Gasteiger partial charge is 0.416 e. The molecular weight excluding hydrogens is 364 g/mol. The van der Waals surface area contributed by atoms with Crippen LogP contribution in [0.2, 0.25) is 10.0 Å². The van der Waals surface area contributed by atoms with Crippen LogP contribution in [0.4, 0.5) is 24.5 Å². The number of halogens is 5. The van der Waals surface area contributed by atoms with Crippen molar-refractivity contribution in [3.8, 4) is 0 Å². The quantitative estimate of drug-likeness (QED) is 0.784. The molecule has 3 nitrogen and oxygen atoms in total. The summed E-state index contributed by atoms with van der Waals surface area (Å²) < 4.78 is 38.7. The summed E-state index contributed by atoms with van der Waals surface area (Å²) in [4.78, 5) is 14.0. The Balaban J connectivity index is 2.43. The van der Waals surface area contributed by atoms with Gasteiger partial charge in [-0.05, 0) is 36.4 Å². The maximum Gasteiger partial charge on any atom is 0.416 e. The predicted octanol–water partition coefficient (Wildman–Crippen LogP) is 5.33. The van der Waals surface area contributed by atoms with E-state index in [0.29, 0.717) is 10.7 Å². The Kier molecular flexibility index (Phi) is 5.30. The van der Waals surface area contributed by atoms with E-state index in [0.717, 1.165) is 12.1 Å². The van der Waals surface area contributed by atoms with Crippen molar-refractivity contribution in [2.75, 3.05) is 24.3 Å². The molecule has 2 aromatic carbocycles. The third-order valence-electron chi connectivity index (χ3n) is 3.23. The van der Waals surface area contributed by atoms with Crippen molar-refractivity contribution in [1.82, 2.24) is 0 Å². The number of alkyl halides is 3. The highest BCUT2D eigenvalue weighted by Gasteiger charge is 2.31. The second-order valence-corrected chi connectivity index (χ2v) is 6.05. The molecule has 0 heterocycles. The second kappa shape index (κ2) is 6.91. The molecule has 1 amide bonds. The lowest BCUT2D eigenvalue weighted by Crippen LogP contribution is -2.18. The topological polar surface area (TPSA) is 32.3 Å². The SMILES string of the molecule is CN(C)c1ccc(C(F)(F)F)cc1NC(=O)c1cc(Cl)ccc1Cl. The molecule has 8 heteroatoms. The molecule has 128 valence electrons. The first kappa shape index (κ1) is 18.4. The molecule has 0 unspecified atom stereocenters. The third kappa shape index (κ3) is 4.13. The Hall–Kier alpha value is -1.92. The lowest BCUT2D eigenvalue weighted by atomic mass is 10.1. The van der Waals surface area contributed by atoms with Gasteiger partial charge in [-0.25, -0.2) is 0 Å². The van der Waals surface area contributed by atoms with Gasteiger partial charge in [-0.1, -0.05) is 23.2 Å². The van der Waals surface area contributed by atoms with E-state index < -0.39 is 17.6 Å². The zero-order chi connectivity index (χ0) is 18.1. The van der Waals surface area contributed by atoms with Crippen LogP contribution in [0.5, 0.6) is 0 Å². The molecule has 0 atom stereocenters. The van der Waals surface area contributed by atoms with Gasteiger partial charge in [-0.3, -0.25) is 4.79 Å². The Labute approximate surface area is 147 Å². The number of hydrogen-bond donors (Lipinski definition) is 1. The van der Waals surface area contributed by atoms with E-state index in [9.17, 15) is 18.0 Å². The molecule has 0 aliphatic carbocycles. The molecular formula is C16H13Cl2F3N2O. The third-order valence-corrected chi connectivity index (χ3v) is 3.79. The molecule has 0 aliphatic rings. The summed E-state index contributed by atoms with van der Waals surface area (Å²) in [5.74, 6) is -0.648. The van der Waals surface area contributed by atoms with Gasteiger partial charge >= 0.3 is 6.18 Å². The number of amides is 1. The van der Waals surface area contributed by atoms with Gasteiger partial charge in [0, 0.05) is 19.1 Å². The average Bonchev–Trinajstić information content (AvgIpc) is 2.48. The zero-order valence-electron chi connectivity index (χ0n) is 12.7. The molecule has 0 saturated carbocycles. The van der Waals surface area contributed by atoms with Gasteiger partial charge in [0.25, 0.3) is 5.91 Å². The van der Waals surface area contributed by atoms with Crippen molar-refractivity contribution >= 4 is 40.5 Å². The second-order valence-electron chi connectivity index (χ2n) is 5.20. The highest BCUT2D eigenvalue weighted by molar-refractivity contribution is 6.36. The predicted molar refractivity (Wildman–Crippen MR) is 90.2 cm³/mol. The van der Waals surface area contributed by atoms with Crippen molar-refractivity contribution in [3.63, 3.8) is 0 Å². The number of anilines is 2. The molecule has 0 aromatic heterocycles. The molecule has 1 N–H and O–H groups in total. The molecule has 24 heavy (non-hydrogen) atoms. The van der Waals surface area contributed by atoms with E-state index in [1.54, 1.807) is 19.0 Å². The lowest BCUT2D eigenvalue weighted by Gasteiger charge is -2.20. The van der Waals surface area contributed by atoms with E-state index in [1.807, 2.05) is 0 Å². The van der Waals surface area contributed by atoms with E-state index in [-0.39, 0.29) is 16.3 Å². The Morgan fingerprint density at radius 2 is 1.75 bits per heavy atom. The van der Waals surface area contributed by atoms with Crippen molar-refractivity contribution < 1.29 is 18.0 Å². The van der Waals surface area contributed by atoms with Crippen LogP contribution in [0.15, 0.2) is 36.4 Å². The zero-order valence-corrected chi connectivity index (χ0v) is 14.2. The standard InChI is InChI=1S/C16H13Cl2F3N2O/c1-23(2)14-6-3-9(16(19,20)21)7-13(14)22-15(24)11-8-10(17)4-5-12(11)18/h3-8H,1-2H3,(H,22,24). The molecule has 0 saturated heterocycles. The highest BCUT2D eigenvalue weighted by atomic mass is 35.5. The van der Waals surface area contributed by atoms with Gasteiger partial charge in [-0.15, -0.1) is 0 Å². The van der Waals surface area contributed by atoms with Crippen LogP contribution in [0.3, 0.4) is 0 Å². The first-order chi connectivity index (χ1) is 11.1. The fourth-order valence-corrected chi connectivity index (χ4v) is 2.44. The summed E-state index contributed by atoms with van der Waals surface area (Å²) >= 11 is 11.8. The fourth-order valence-electron chi connectivity index (χ4n) is 2.06. The van der Waals surface area contributed by atoms with Gasteiger partial charge in [0.2, 0.25) is 0 Å². The molecule has 2 aromatic rings. The van der Waals surface area contributed by atoms with Crippen molar-refractivity contribution in [3.05, 3.63) is 57.6 Å². The molecule has 0 radical (unpaired) electrons. The number of nitrogens with zero attached hydrogens (tertiary/aromatic N) is 1. The number of carbonyl (C=O) groups excluding carboxylic acids is 1. The van der Waals surface area contributed by atoms with Crippen molar-refractivity contribution in [2.24, 2.45) is 0 Å². The number of carbonyl (C=O) groups is 1. The number of benzene rings is 2. The van der Waals surface area contributed by atoms with Crippen molar-refractivity contribution in [2.45, 2.75) is 6.18 Å². The summed E-state index contributed by atoms with van der Waals surface area (Å²) in [7, 11) is 3.31. The Morgan fingerprint density at radius 3 is 2.33 bits per heavy atom. The summed E-state index contributed by atoms with van der Waals surface area (Å²) in [6.45, 7) is 0. The number of rotatable bonds is 3. The highest BCUT2D eigenvalue weighted by Crippen LogP contribution is 2.35. The molecule has 2 rings (SSSR count). The van der Waals surface area contributed by atoms with E-state index in [4.69, 9.17) is 23.2 Å². The minimum Gasteiger partial charge on any atom is -0.376 e. The van der Waals surface area contributed by atoms with Gasteiger partial charge < -0.3 is 10.2 Å². The van der Waals surface area contributed by atoms with Gasteiger partial charge in [0.15, 0.2) is 0 Å². The van der Waals surface area contributed by atoms with Crippen LogP contribution in [0, 0.1) is 0 Å². The van der Waals surface area contributed by atoms with E-state index in [1.165, 1.54) is 24.3 Å². The molecule has 0 bridgehead atoms. The molecule has 0 spiro atoms. The monoisotopic (exact) mass is 376 g/mol. The van der Waals surface area contributed by atoms with Crippen LogP contribution in [0.25, 0.3) is 0 Å². The minimum absolute atomic E-state index is 0.0240. The normalized spacial score (nSPS) is 11.3. The summed E-state index contributed by atoms with van der Waals surface area (Å²) in [5.41, 5.74) is -0.336. The smallest absolute Gasteiger partial charge is 0.376 e. The maximum absolute atomic E-state index is 12.9. The Bertz CT molecular complexity index is 776. The number of hydrogen-bond acceptors (Lipinski definition) is 2. The summed E-state index contributed by atoms with van der Waals surface area (Å²) in [6.07, 6.45) is -4.52. The lowest BCUT2D eigenvalue weighted by molar-refractivity contribution is -0.137. The van der Waals surface area contributed by atoms with Crippen LogP contribution in [-0.2, 0) is 6.18 Å². The van der Waals surface area contributed by atoms with E-state index >= 15 is 0 Å². The van der Waals surface area contributed by atoms with Crippen molar-refractivity contribution in [1.29, 1.82) is 0 Å². The summed E-state index contributed by atoms with van der Waals surface area (Å²) in [6, 6.07) is 7.43. The minimum atomic E-state index is -4.52. The van der Waals surface area contributed by atoms with Gasteiger partial charge in [0.05, 0.1) is 27.5 Å². The van der Waals surface area contributed by atoms with E-state index in [2.05, 4.69) is 5.32 Å². The van der Waals surface area contributed by atoms with Crippen LogP contribution < -0.4 is 10.2 Å². The van der Waals surface area contributed by atoms with Gasteiger partial charge in [0.1, 0.15) is 0 Å². The average molecular weight is 377 g/mol. The first-order valence-corrected chi connectivity index (χ1v) is 7.50. The van der Waals surface area contributed by atoms with Crippen LogP contribution >= 0.6 is 23.2 Å². The summed E-state index contributed by atoms with van der Waals surface area (Å²) in [5, 5.41) is 2.91. The number of nitrogens with one attached hydrogen (secondary N) is 1. The van der Waals surface area contributed by atoms with Crippen LogP contribution in [-0.4, -0.2) is 20.0 Å².